The van der Waals surface area contributed by atoms with Gasteiger partial charge in [0.1, 0.15) is 11.1 Å². The Hall–Kier alpha value is -0.670. The topological polar surface area (TPSA) is 75.4 Å². The number of carbonyl (C=O) groups is 2. The van der Waals surface area contributed by atoms with Crippen LogP contribution >= 0.6 is 23.5 Å². The van der Waals surface area contributed by atoms with Crippen molar-refractivity contribution in [3.8, 4) is 0 Å². The van der Waals surface area contributed by atoms with Gasteiger partial charge in [0.25, 0.3) is 5.91 Å². The summed E-state index contributed by atoms with van der Waals surface area (Å²) in [4.78, 5) is 28.8. The smallest absolute Gasteiger partial charge is 0.353 e. The molecule has 4 rings (SSSR count). The fourth-order valence-corrected chi connectivity index (χ4v) is 4.49. The molecule has 6 nitrogen and oxygen atoms in total. The summed E-state index contributed by atoms with van der Waals surface area (Å²) in [5.74, 6) is -0.268. The van der Waals surface area contributed by atoms with Crippen LogP contribution in [0, 0.1) is 0 Å². The number of β-lactam (4-membered cyclic amide) rings is 1. The second-order valence-electron chi connectivity index (χ2n) is 4.56. The Kier molecular flexibility index (Phi) is 4.00. The van der Waals surface area contributed by atoms with Crippen LogP contribution in [0.4, 0.5) is 0 Å². The summed E-state index contributed by atoms with van der Waals surface area (Å²) in [6, 6.07) is 0. The number of imidazole rings is 1. The Morgan fingerprint density at radius 3 is 3.05 bits per heavy atom. The van der Waals surface area contributed by atoms with Crippen LogP contribution in [0.5, 0.6) is 0 Å². The number of aromatic nitrogens is 2. The van der Waals surface area contributed by atoms with Crippen molar-refractivity contribution < 1.29 is 14.7 Å². The third-order valence-electron chi connectivity index (χ3n) is 3.38. The summed E-state index contributed by atoms with van der Waals surface area (Å²) in [5.41, 5.74) is 1.44. The first kappa shape index (κ1) is 15.2. The quantitative estimate of drug-likeness (QED) is 0.492. The van der Waals surface area contributed by atoms with Crippen molar-refractivity contribution in [2.45, 2.75) is 17.1 Å². The second-order valence-corrected chi connectivity index (χ2v) is 6.58. The van der Waals surface area contributed by atoms with Gasteiger partial charge in [-0.15, -0.1) is 11.8 Å². The molecule has 1 aromatic rings. The van der Waals surface area contributed by atoms with Gasteiger partial charge in [-0.1, -0.05) is 11.8 Å². The van der Waals surface area contributed by atoms with Gasteiger partial charge in [-0.25, -0.2) is 9.78 Å². The molecule has 4 heterocycles. The third kappa shape index (κ3) is 2.29. The van der Waals surface area contributed by atoms with Crippen LogP contribution in [-0.2, 0) is 16.1 Å². The summed E-state index contributed by atoms with van der Waals surface area (Å²) in [6.45, 7) is 0.944. The minimum atomic E-state index is -1.07. The summed E-state index contributed by atoms with van der Waals surface area (Å²) < 4.78 is 2.07. The van der Waals surface area contributed by atoms with Crippen molar-refractivity contribution in [3.63, 3.8) is 0 Å². The molecular weight excluding hydrogens is 321 g/mol. The first-order valence-corrected chi connectivity index (χ1v) is 7.92. The van der Waals surface area contributed by atoms with E-state index in [1.807, 2.05) is 6.20 Å². The van der Waals surface area contributed by atoms with Crippen LogP contribution in [0.25, 0.3) is 6.08 Å². The Balaban J connectivity index is 0.00000132. The van der Waals surface area contributed by atoms with E-state index in [0.717, 1.165) is 23.1 Å². The Morgan fingerprint density at radius 1 is 1.52 bits per heavy atom. The van der Waals surface area contributed by atoms with Gasteiger partial charge in [0.2, 0.25) is 0 Å². The molecule has 1 radical (unpaired) electrons. The molecule has 0 saturated carbocycles. The van der Waals surface area contributed by atoms with E-state index >= 15 is 0 Å². The maximum absolute atomic E-state index is 12.0. The molecule has 103 valence electrons. The normalized spacial score (nSPS) is 24.3. The summed E-state index contributed by atoms with van der Waals surface area (Å²) in [5, 5.41) is 11.3. The van der Waals surface area contributed by atoms with E-state index < -0.39 is 5.97 Å². The van der Waals surface area contributed by atoms with E-state index in [4.69, 9.17) is 5.11 Å². The molecule has 1 aromatic heterocycles. The SMILES string of the molecule is O=C(O)C1=CS[C@@H]2/C(=C\c3cn4c(n3)SCC4)C(=O)N12.[Na]. The van der Waals surface area contributed by atoms with Crippen molar-refractivity contribution >= 4 is 71.0 Å². The van der Waals surface area contributed by atoms with Gasteiger partial charge in [-0.05, 0) is 6.08 Å². The number of amides is 1. The molecule has 0 aromatic carbocycles. The molecule has 0 spiro atoms. The Bertz CT molecular complexity index is 691. The number of fused-ring (bicyclic) bond motifs is 2. The number of thioether (sulfide) groups is 2. The number of aliphatic carboxylic acids is 1. The Morgan fingerprint density at radius 2 is 2.33 bits per heavy atom. The number of carbonyl (C=O) groups excluding carboxylic acids is 1. The minimum Gasteiger partial charge on any atom is -0.477 e. The van der Waals surface area contributed by atoms with Gasteiger partial charge < -0.3 is 9.67 Å². The van der Waals surface area contributed by atoms with Crippen LogP contribution in [0.3, 0.4) is 0 Å². The van der Waals surface area contributed by atoms with Gasteiger partial charge in [-0.2, -0.15) is 0 Å². The van der Waals surface area contributed by atoms with Gasteiger partial charge in [0.15, 0.2) is 5.16 Å². The zero-order valence-corrected chi connectivity index (χ0v) is 14.8. The van der Waals surface area contributed by atoms with Gasteiger partial charge >= 0.3 is 5.97 Å². The number of hydrogen-bond donors (Lipinski definition) is 1. The van der Waals surface area contributed by atoms with Crippen molar-refractivity contribution in [3.05, 3.63) is 28.6 Å². The molecule has 3 aliphatic heterocycles. The number of hydrogen-bond acceptors (Lipinski definition) is 5. The zero-order chi connectivity index (χ0) is 13.9. The van der Waals surface area contributed by atoms with E-state index in [-0.39, 0.29) is 46.5 Å². The molecule has 3 aliphatic rings. The largest absolute Gasteiger partial charge is 0.477 e. The van der Waals surface area contributed by atoms with Crippen molar-refractivity contribution in [1.82, 2.24) is 14.5 Å². The number of carboxylic acids is 1. The molecule has 1 N–H and O–H groups in total. The van der Waals surface area contributed by atoms with Crippen LogP contribution < -0.4 is 0 Å². The van der Waals surface area contributed by atoms with Crippen LogP contribution in [0.1, 0.15) is 5.69 Å². The molecule has 1 saturated heterocycles. The predicted octanol–water partition coefficient (Wildman–Crippen LogP) is 0.832. The molecule has 1 fully saturated rings. The minimum absolute atomic E-state index is 0. The van der Waals surface area contributed by atoms with Crippen LogP contribution in [0.2, 0.25) is 0 Å². The number of aryl methyl sites for hydroxylation is 1. The number of rotatable bonds is 2. The molecule has 0 unspecified atom stereocenters. The first-order valence-electron chi connectivity index (χ1n) is 5.99. The van der Waals surface area contributed by atoms with Crippen molar-refractivity contribution in [1.29, 1.82) is 0 Å². The van der Waals surface area contributed by atoms with Crippen molar-refractivity contribution in [2.75, 3.05) is 5.75 Å². The molecule has 21 heavy (non-hydrogen) atoms. The maximum atomic E-state index is 12.0. The molecular formula is C12H9N3NaO3S2. The average Bonchev–Trinajstić information content (AvgIpc) is 3.07. The maximum Gasteiger partial charge on any atom is 0.353 e. The van der Waals surface area contributed by atoms with E-state index in [0.29, 0.717) is 5.57 Å². The van der Waals surface area contributed by atoms with E-state index in [2.05, 4.69) is 9.55 Å². The number of nitrogens with zero attached hydrogens (tertiary/aromatic N) is 3. The molecule has 9 heteroatoms. The molecule has 0 bridgehead atoms. The fourth-order valence-electron chi connectivity index (χ4n) is 2.42. The van der Waals surface area contributed by atoms with E-state index in [1.165, 1.54) is 22.1 Å². The standard InChI is InChI=1S/C12H9N3O3S2.Na/c16-9-7(10-15(9)8(5-20-10)11(17)18)3-6-4-14-1-2-19-12(14)13-6;/h3-5,10H,1-2H2,(H,17,18);/b7-3-;/t10-;/m1./s1. The third-order valence-corrected chi connectivity index (χ3v) is 5.43. The summed E-state index contributed by atoms with van der Waals surface area (Å²) >= 11 is 3.04. The fraction of sp³-hybridized carbons (Fsp3) is 0.250. The monoisotopic (exact) mass is 330 g/mol. The predicted molar refractivity (Wildman–Crippen MR) is 80.6 cm³/mol. The van der Waals surface area contributed by atoms with Gasteiger partial charge in [-0.3, -0.25) is 9.69 Å². The van der Waals surface area contributed by atoms with Crippen molar-refractivity contribution in [2.24, 2.45) is 0 Å². The Labute approximate surface area is 150 Å². The van der Waals surface area contributed by atoms with Crippen LogP contribution in [-0.4, -0.2) is 72.1 Å². The average molecular weight is 330 g/mol. The van der Waals surface area contributed by atoms with E-state index in [9.17, 15) is 9.59 Å². The molecule has 1 atom stereocenters. The summed E-state index contributed by atoms with van der Waals surface area (Å²) in [6.07, 6.45) is 3.70. The van der Waals surface area contributed by atoms with Gasteiger partial charge in [0.05, 0.1) is 11.3 Å². The first-order chi connectivity index (χ1) is 9.65. The van der Waals surface area contributed by atoms with Gasteiger partial charge in [0, 0.05) is 53.5 Å². The zero-order valence-electron chi connectivity index (χ0n) is 11.1. The number of carboxylic acid groups (broad SMARTS) is 1. The molecule has 1 amide bonds. The van der Waals surface area contributed by atoms with Crippen LogP contribution in [0.15, 0.2) is 28.0 Å². The molecule has 0 aliphatic carbocycles. The second kappa shape index (κ2) is 5.51. The summed E-state index contributed by atoms with van der Waals surface area (Å²) in [7, 11) is 0. The van der Waals surface area contributed by atoms with E-state index in [1.54, 1.807) is 17.8 Å².